The van der Waals surface area contributed by atoms with Gasteiger partial charge in [0.05, 0.1) is 13.0 Å². The second-order valence-electron chi connectivity index (χ2n) is 8.11. The van der Waals surface area contributed by atoms with Crippen LogP contribution in [0, 0.1) is 11.7 Å². The monoisotopic (exact) mass is 412 g/mol. The molecule has 2 aromatic rings. The summed E-state index contributed by atoms with van der Waals surface area (Å²) in [6.45, 7) is 5.78. The number of hydrogen-bond donors (Lipinski definition) is 1. The van der Waals surface area contributed by atoms with Crippen molar-refractivity contribution < 1.29 is 18.7 Å². The van der Waals surface area contributed by atoms with Crippen molar-refractivity contribution in [1.29, 1.82) is 0 Å². The summed E-state index contributed by atoms with van der Waals surface area (Å²) in [6, 6.07) is 13.3. The van der Waals surface area contributed by atoms with Crippen LogP contribution in [0.15, 0.2) is 48.5 Å². The molecule has 2 amide bonds. The zero-order chi connectivity index (χ0) is 21.5. The van der Waals surface area contributed by atoms with Crippen LogP contribution in [0.1, 0.15) is 42.6 Å². The van der Waals surface area contributed by atoms with E-state index in [2.05, 4.69) is 5.32 Å². The Balaban J connectivity index is 1.48. The maximum atomic E-state index is 13.0. The predicted molar refractivity (Wildman–Crippen MR) is 114 cm³/mol. The average molecular weight is 413 g/mol. The molecule has 5 nitrogen and oxygen atoms in total. The molecule has 1 fully saturated rings. The zero-order valence-corrected chi connectivity index (χ0v) is 17.6. The first-order chi connectivity index (χ1) is 14.4. The van der Waals surface area contributed by atoms with Crippen molar-refractivity contribution in [2.24, 2.45) is 5.92 Å². The van der Waals surface area contributed by atoms with Gasteiger partial charge in [0.1, 0.15) is 11.6 Å². The first-order valence-electron chi connectivity index (χ1n) is 10.5. The summed E-state index contributed by atoms with van der Waals surface area (Å²) >= 11 is 0. The molecule has 0 saturated carbocycles. The highest BCUT2D eigenvalue weighted by atomic mass is 19.1. The molecule has 0 aliphatic carbocycles. The van der Waals surface area contributed by atoms with Gasteiger partial charge in [-0.15, -0.1) is 0 Å². The second kappa shape index (κ2) is 10.2. The van der Waals surface area contributed by atoms with Gasteiger partial charge >= 0.3 is 0 Å². The highest BCUT2D eigenvalue weighted by Crippen LogP contribution is 2.20. The minimum Gasteiger partial charge on any atom is -0.493 e. The zero-order valence-electron chi connectivity index (χ0n) is 17.6. The number of likely N-dealkylation sites (tertiary alicyclic amines) is 1. The molecular formula is C24H29FN2O3. The number of benzene rings is 2. The summed E-state index contributed by atoms with van der Waals surface area (Å²) in [4.78, 5) is 26.5. The number of nitrogens with one attached hydrogen (secondary N) is 1. The van der Waals surface area contributed by atoms with Crippen LogP contribution in [0.3, 0.4) is 0 Å². The molecule has 30 heavy (non-hydrogen) atoms. The number of hydrogen-bond acceptors (Lipinski definition) is 3. The summed E-state index contributed by atoms with van der Waals surface area (Å²) in [5.74, 6) is 0.645. The van der Waals surface area contributed by atoms with E-state index in [0.717, 1.165) is 24.9 Å². The molecule has 0 spiro atoms. The van der Waals surface area contributed by atoms with Gasteiger partial charge < -0.3 is 15.0 Å². The molecule has 160 valence electrons. The highest BCUT2D eigenvalue weighted by molar-refractivity contribution is 5.94. The minimum atomic E-state index is -0.296. The number of amides is 2. The maximum absolute atomic E-state index is 13.0. The van der Waals surface area contributed by atoms with Crippen molar-refractivity contribution in [1.82, 2.24) is 10.2 Å². The molecule has 1 aliphatic heterocycles. The number of halogens is 1. The largest absolute Gasteiger partial charge is 0.493 e. The lowest BCUT2D eigenvalue weighted by Crippen LogP contribution is -2.42. The third-order valence-electron chi connectivity index (χ3n) is 5.16. The van der Waals surface area contributed by atoms with Gasteiger partial charge in [0.2, 0.25) is 5.91 Å². The van der Waals surface area contributed by atoms with Gasteiger partial charge in [-0.2, -0.15) is 0 Å². The molecule has 1 saturated heterocycles. The van der Waals surface area contributed by atoms with Crippen molar-refractivity contribution in [3.63, 3.8) is 0 Å². The van der Waals surface area contributed by atoms with E-state index in [-0.39, 0.29) is 36.0 Å². The molecule has 1 heterocycles. The lowest BCUT2D eigenvalue weighted by atomic mass is 9.98. The van der Waals surface area contributed by atoms with E-state index >= 15 is 0 Å². The van der Waals surface area contributed by atoms with Gasteiger partial charge in [-0.25, -0.2) is 4.39 Å². The Bertz CT molecular complexity index is 850. The molecule has 6 heteroatoms. The van der Waals surface area contributed by atoms with Crippen LogP contribution in [-0.4, -0.2) is 42.5 Å². The van der Waals surface area contributed by atoms with Crippen molar-refractivity contribution >= 4 is 11.8 Å². The first-order valence-corrected chi connectivity index (χ1v) is 10.5. The Hall–Kier alpha value is -2.89. The average Bonchev–Trinajstić information content (AvgIpc) is 2.74. The van der Waals surface area contributed by atoms with E-state index < -0.39 is 0 Å². The van der Waals surface area contributed by atoms with Crippen molar-refractivity contribution in [2.75, 3.05) is 19.7 Å². The number of carbonyl (C=O) groups excluding carboxylic acids is 2. The predicted octanol–water partition coefficient (Wildman–Crippen LogP) is 3.82. The van der Waals surface area contributed by atoms with Crippen LogP contribution >= 0.6 is 0 Å². The van der Waals surface area contributed by atoms with Crippen molar-refractivity contribution in [3.05, 3.63) is 65.5 Å². The van der Waals surface area contributed by atoms with E-state index in [9.17, 15) is 14.0 Å². The quantitative estimate of drug-likeness (QED) is 0.752. The SMILES string of the molecule is CC(C)NC(=O)c1ccc(OC[C@H]2CCCN(C(=O)Cc3ccc(F)cc3)C2)cc1. The number of carbonyl (C=O) groups is 2. The standard InChI is InChI=1S/C24H29FN2O3/c1-17(2)26-24(29)20-7-11-22(12-8-20)30-16-19-4-3-13-27(15-19)23(28)14-18-5-9-21(25)10-6-18/h5-12,17,19H,3-4,13-16H2,1-2H3,(H,26,29)/t19-/m0/s1. The number of ether oxygens (including phenoxy) is 1. The summed E-state index contributed by atoms with van der Waals surface area (Å²) in [5, 5.41) is 2.86. The smallest absolute Gasteiger partial charge is 0.251 e. The Morgan fingerprint density at radius 3 is 2.50 bits per heavy atom. The van der Waals surface area contributed by atoms with Crippen molar-refractivity contribution in [3.8, 4) is 5.75 Å². The summed E-state index contributed by atoms with van der Waals surface area (Å²) < 4.78 is 18.9. The lowest BCUT2D eigenvalue weighted by Gasteiger charge is -2.32. The maximum Gasteiger partial charge on any atom is 0.251 e. The molecule has 1 aliphatic rings. The Labute approximate surface area is 177 Å². The molecule has 0 radical (unpaired) electrons. The molecule has 3 rings (SSSR count). The fraction of sp³-hybridized carbons (Fsp3) is 0.417. The van der Waals surface area contributed by atoms with Gasteiger partial charge in [-0.05, 0) is 68.7 Å². The summed E-state index contributed by atoms with van der Waals surface area (Å²) in [7, 11) is 0. The van der Waals surface area contributed by atoms with Crippen LogP contribution in [0.25, 0.3) is 0 Å². The van der Waals surface area contributed by atoms with Crippen molar-refractivity contribution in [2.45, 2.75) is 39.2 Å². The highest BCUT2D eigenvalue weighted by Gasteiger charge is 2.24. The molecule has 0 aromatic heterocycles. The van der Waals surface area contributed by atoms with E-state index in [4.69, 9.17) is 4.74 Å². The first kappa shape index (κ1) is 21.8. The minimum absolute atomic E-state index is 0.0619. The van der Waals surface area contributed by atoms with Crippen LogP contribution in [-0.2, 0) is 11.2 Å². The fourth-order valence-corrected chi connectivity index (χ4v) is 3.58. The van der Waals surface area contributed by atoms with E-state index in [0.29, 0.717) is 24.5 Å². The van der Waals surface area contributed by atoms with Crippen LogP contribution in [0.4, 0.5) is 4.39 Å². The molecule has 1 N–H and O–H groups in total. The van der Waals surface area contributed by atoms with E-state index in [1.165, 1.54) is 12.1 Å². The summed E-state index contributed by atoms with van der Waals surface area (Å²) in [5.41, 5.74) is 1.42. The number of rotatable bonds is 7. The molecular weight excluding hydrogens is 383 g/mol. The Morgan fingerprint density at radius 1 is 1.13 bits per heavy atom. The third-order valence-corrected chi connectivity index (χ3v) is 5.16. The normalized spacial score (nSPS) is 16.4. The van der Waals surface area contributed by atoms with E-state index in [1.807, 2.05) is 18.7 Å². The van der Waals surface area contributed by atoms with Gasteiger partial charge in [0, 0.05) is 30.6 Å². The van der Waals surface area contributed by atoms with E-state index in [1.54, 1.807) is 36.4 Å². The lowest BCUT2D eigenvalue weighted by molar-refractivity contribution is -0.132. The molecule has 1 atom stereocenters. The second-order valence-corrected chi connectivity index (χ2v) is 8.11. The number of piperidine rings is 1. The summed E-state index contributed by atoms with van der Waals surface area (Å²) in [6.07, 6.45) is 2.24. The number of nitrogens with zero attached hydrogens (tertiary/aromatic N) is 1. The molecule has 2 aromatic carbocycles. The van der Waals surface area contributed by atoms with Gasteiger partial charge in [-0.3, -0.25) is 9.59 Å². The van der Waals surface area contributed by atoms with Gasteiger partial charge in [-0.1, -0.05) is 12.1 Å². The fourth-order valence-electron chi connectivity index (χ4n) is 3.58. The third kappa shape index (κ3) is 6.31. The van der Waals surface area contributed by atoms with Gasteiger partial charge in [0.25, 0.3) is 5.91 Å². The molecule has 0 unspecified atom stereocenters. The Kier molecular flexibility index (Phi) is 7.44. The Morgan fingerprint density at radius 2 is 1.83 bits per heavy atom. The molecule has 0 bridgehead atoms. The van der Waals surface area contributed by atoms with Crippen LogP contribution < -0.4 is 10.1 Å². The van der Waals surface area contributed by atoms with Crippen LogP contribution in [0.5, 0.6) is 5.75 Å². The van der Waals surface area contributed by atoms with Crippen LogP contribution in [0.2, 0.25) is 0 Å². The van der Waals surface area contributed by atoms with Gasteiger partial charge in [0.15, 0.2) is 0 Å². The topological polar surface area (TPSA) is 58.6 Å².